The van der Waals surface area contributed by atoms with E-state index in [9.17, 15) is 9.90 Å². The van der Waals surface area contributed by atoms with Crippen molar-refractivity contribution < 1.29 is 9.90 Å². The van der Waals surface area contributed by atoms with Crippen LogP contribution in [0.3, 0.4) is 0 Å². The standard InChI is InChI=1S/C16H29N3O2/c1-5-7-19(8-6-2)15(20)13-17-9-11-18(12-10-17)14-16(3,4)21/h5-6,21H,1-2,7-14H2,3-4H3. The molecule has 0 aromatic carbocycles. The number of rotatable bonds is 8. The van der Waals surface area contributed by atoms with E-state index in [1.807, 2.05) is 13.8 Å². The molecule has 0 aliphatic carbocycles. The molecule has 0 aromatic heterocycles. The molecule has 0 aromatic rings. The quantitative estimate of drug-likeness (QED) is 0.665. The molecule has 1 aliphatic heterocycles. The first-order valence-corrected chi connectivity index (χ1v) is 7.52. The first kappa shape index (κ1) is 17.9. The average molecular weight is 295 g/mol. The van der Waals surface area contributed by atoms with E-state index in [1.165, 1.54) is 0 Å². The Balaban J connectivity index is 2.39. The Kier molecular flexibility index (Phi) is 7.08. The molecule has 0 radical (unpaired) electrons. The van der Waals surface area contributed by atoms with Crippen molar-refractivity contribution in [2.75, 3.05) is 52.4 Å². The molecule has 1 aliphatic rings. The maximum absolute atomic E-state index is 12.2. The van der Waals surface area contributed by atoms with Gasteiger partial charge in [-0.15, -0.1) is 13.2 Å². The highest BCUT2D eigenvalue weighted by atomic mass is 16.3. The molecule has 120 valence electrons. The van der Waals surface area contributed by atoms with Crippen molar-refractivity contribution >= 4 is 5.91 Å². The molecule has 0 bridgehead atoms. The van der Waals surface area contributed by atoms with Crippen molar-refractivity contribution in [3.8, 4) is 0 Å². The minimum Gasteiger partial charge on any atom is -0.389 e. The normalized spacial score (nSPS) is 17.5. The van der Waals surface area contributed by atoms with Crippen LogP contribution >= 0.6 is 0 Å². The molecule has 1 amide bonds. The van der Waals surface area contributed by atoms with Crippen LogP contribution in [0.5, 0.6) is 0 Å². The van der Waals surface area contributed by atoms with E-state index in [1.54, 1.807) is 17.1 Å². The molecule has 1 saturated heterocycles. The fourth-order valence-corrected chi connectivity index (χ4v) is 2.53. The molecule has 1 N–H and O–H groups in total. The van der Waals surface area contributed by atoms with Gasteiger partial charge in [0, 0.05) is 45.8 Å². The van der Waals surface area contributed by atoms with Crippen molar-refractivity contribution in [3.63, 3.8) is 0 Å². The lowest BCUT2D eigenvalue weighted by Gasteiger charge is -2.37. The maximum Gasteiger partial charge on any atom is 0.237 e. The SMILES string of the molecule is C=CCN(CC=C)C(=O)CN1CCN(CC(C)(C)O)CC1. The van der Waals surface area contributed by atoms with Gasteiger partial charge in [-0.3, -0.25) is 14.6 Å². The molecule has 1 rings (SSSR count). The lowest BCUT2D eigenvalue weighted by Crippen LogP contribution is -2.52. The maximum atomic E-state index is 12.2. The van der Waals surface area contributed by atoms with Gasteiger partial charge in [0.1, 0.15) is 0 Å². The van der Waals surface area contributed by atoms with Crippen LogP contribution in [0.15, 0.2) is 25.3 Å². The third kappa shape index (κ3) is 6.89. The van der Waals surface area contributed by atoms with Crippen LogP contribution in [0.4, 0.5) is 0 Å². The molecule has 5 nitrogen and oxygen atoms in total. The van der Waals surface area contributed by atoms with E-state index in [4.69, 9.17) is 0 Å². The predicted octanol–water partition coefficient (Wildman–Crippen LogP) is 0.576. The zero-order valence-electron chi connectivity index (χ0n) is 13.4. The monoisotopic (exact) mass is 295 g/mol. The van der Waals surface area contributed by atoms with Crippen molar-refractivity contribution in [3.05, 3.63) is 25.3 Å². The largest absolute Gasteiger partial charge is 0.389 e. The Morgan fingerprint density at radius 2 is 1.62 bits per heavy atom. The summed E-state index contributed by atoms with van der Waals surface area (Å²) in [6.07, 6.45) is 3.48. The second-order valence-corrected chi connectivity index (χ2v) is 6.24. The van der Waals surface area contributed by atoms with E-state index < -0.39 is 5.60 Å². The molecule has 0 atom stereocenters. The summed E-state index contributed by atoms with van der Waals surface area (Å²) in [5.41, 5.74) is -0.664. The summed E-state index contributed by atoms with van der Waals surface area (Å²) in [7, 11) is 0. The van der Waals surface area contributed by atoms with Gasteiger partial charge in [0.2, 0.25) is 5.91 Å². The summed E-state index contributed by atoms with van der Waals surface area (Å²) in [5.74, 6) is 0.116. The van der Waals surface area contributed by atoms with Crippen LogP contribution in [0.25, 0.3) is 0 Å². The number of carbonyl (C=O) groups is 1. The molecule has 1 fully saturated rings. The van der Waals surface area contributed by atoms with Gasteiger partial charge >= 0.3 is 0 Å². The van der Waals surface area contributed by atoms with Crippen LogP contribution in [0.2, 0.25) is 0 Å². The Hall–Kier alpha value is -1.17. The molecule has 5 heteroatoms. The molecule has 21 heavy (non-hydrogen) atoms. The zero-order chi connectivity index (χ0) is 15.9. The van der Waals surface area contributed by atoms with E-state index in [2.05, 4.69) is 23.0 Å². The second-order valence-electron chi connectivity index (χ2n) is 6.24. The smallest absolute Gasteiger partial charge is 0.237 e. The molecule has 0 saturated carbocycles. The minimum atomic E-state index is -0.664. The van der Waals surface area contributed by atoms with Gasteiger partial charge in [-0.1, -0.05) is 12.2 Å². The van der Waals surface area contributed by atoms with E-state index >= 15 is 0 Å². The number of nitrogens with zero attached hydrogens (tertiary/aromatic N) is 3. The summed E-state index contributed by atoms with van der Waals surface area (Å²) >= 11 is 0. The van der Waals surface area contributed by atoms with E-state index in [0.717, 1.165) is 26.2 Å². The van der Waals surface area contributed by atoms with Gasteiger partial charge in [-0.2, -0.15) is 0 Å². The van der Waals surface area contributed by atoms with Crippen LogP contribution < -0.4 is 0 Å². The minimum absolute atomic E-state index is 0.116. The Labute approximate surface area is 128 Å². The topological polar surface area (TPSA) is 47.0 Å². The van der Waals surface area contributed by atoms with E-state index in [-0.39, 0.29) is 5.91 Å². The van der Waals surface area contributed by atoms with Gasteiger partial charge in [0.05, 0.1) is 12.1 Å². The van der Waals surface area contributed by atoms with Crippen LogP contribution in [-0.4, -0.2) is 83.7 Å². The predicted molar refractivity (Wildman–Crippen MR) is 86.2 cm³/mol. The lowest BCUT2D eigenvalue weighted by molar-refractivity contribution is -0.132. The van der Waals surface area contributed by atoms with Crippen LogP contribution in [0.1, 0.15) is 13.8 Å². The van der Waals surface area contributed by atoms with Gasteiger partial charge in [-0.25, -0.2) is 0 Å². The Bertz CT molecular complexity index is 345. The highest BCUT2D eigenvalue weighted by Gasteiger charge is 2.24. The first-order chi connectivity index (χ1) is 9.85. The summed E-state index contributed by atoms with van der Waals surface area (Å²) in [4.78, 5) is 18.4. The van der Waals surface area contributed by atoms with Gasteiger partial charge in [0.15, 0.2) is 0 Å². The fraction of sp³-hybridized carbons (Fsp3) is 0.688. The van der Waals surface area contributed by atoms with Crippen molar-refractivity contribution in [1.29, 1.82) is 0 Å². The molecule has 1 heterocycles. The van der Waals surface area contributed by atoms with Crippen LogP contribution in [-0.2, 0) is 4.79 Å². The molecular formula is C16H29N3O2. The van der Waals surface area contributed by atoms with Gasteiger partial charge < -0.3 is 10.0 Å². The lowest BCUT2D eigenvalue weighted by atomic mass is 10.1. The zero-order valence-corrected chi connectivity index (χ0v) is 13.4. The number of amides is 1. The van der Waals surface area contributed by atoms with Crippen molar-refractivity contribution in [2.24, 2.45) is 0 Å². The number of β-amino-alcohol motifs (C(OH)–C–C–N with tert-alkyl or cyclic N) is 1. The summed E-state index contributed by atoms with van der Waals surface area (Å²) < 4.78 is 0. The molecular weight excluding hydrogens is 266 g/mol. The molecule has 0 unspecified atom stereocenters. The van der Waals surface area contributed by atoms with Gasteiger partial charge in [0.25, 0.3) is 0 Å². The number of aliphatic hydroxyl groups is 1. The molecule has 0 spiro atoms. The Morgan fingerprint density at radius 1 is 1.14 bits per heavy atom. The Morgan fingerprint density at radius 3 is 2.05 bits per heavy atom. The number of piperazine rings is 1. The third-order valence-corrected chi connectivity index (χ3v) is 3.49. The second kappa shape index (κ2) is 8.32. The number of carbonyl (C=O) groups excluding carboxylic acids is 1. The highest BCUT2D eigenvalue weighted by molar-refractivity contribution is 5.78. The summed E-state index contributed by atoms with van der Waals surface area (Å²) in [6.45, 7) is 16.7. The van der Waals surface area contributed by atoms with Crippen molar-refractivity contribution in [2.45, 2.75) is 19.4 Å². The number of hydrogen-bond acceptors (Lipinski definition) is 4. The van der Waals surface area contributed by atoms with Crippen LogP contribution in [0, 0.1) is 0 Å². The number of hydrogen-bond donors (Lipinski definition) is 1. The van der Waals surface area contributed by atoms with E-state index in [0.29, 0.717) is 26.2 Å². The average Bonchev–Trinajstić information content (AvgIpc) is 2.39. The third-order valence-electron chi connectivity index (χ3n) is 3.49. The van der Waals surface area contributed by atoms with Gasteiger partial charge in [-0.05, 0) is 13.8 Å². The highest BCUT2D eigenvalue weighted by Crippen LogP contribution is 2.09. The fourth-order valence-electron chi connectivity index (χ4n) is 2.53. The summed E-state index contributed by atoms with van der Waals surface area (Å²) in [6, 6.07) is 0. The summed E-state index contributed by atoms with van der Waals surface area (Å²) in [5, 5.41) is 9.84. The van der Waals surface area contributed by atoms with Crippen molar-refractivity contribution in [1.82, 2.24) is 14.7 Å². The first-order valence-electron chi connectivity index (χ1n) is 7.52.